The van der Waals surface area contributed by atoms with Crippen LogP contribution in [0.25, 0.3) is 0 Å². The van der Waals surface area contributed by atoms with Crippen molar-refractivity contribution in [1.29, 1.82) is 0 Å². The third-order valence-corrected chi connectivity index (χ3v) is 4.30. The molecule has 19 heavy (non-hydrogen) atoms. The summed E-state index contributed by atoms with van der Waals surface area (Å²) in [5.74, 6) is 0.927. The Morgan fingerprint density at radius 2 is 1.79 bits per heavy atom. The predicted octanol–water partition coefficient (Wildman–Crippen LogP) is 2.74. The first-order valence-corrected chi connectivity index (χ1v) is 6.95. The maximum atomic E-state index is 5.70. The van der Waals surface area contributed by atoms with Gasteiger partial charge in [0.15, 0.2) is 0 Å². The first-order valence-electron chi connectivity index (χ1n) is 6.95. The first kappa shape index (κ1) is 14.4. The van der Waals surface area contributed by atoms with Crippen molar-refractivity contribution in [1.82, 2.24) is 5.32 Å². The maximum Gasteiger partial charge on any atom is 0.119 e. The number of likely N-dealkylation sites (N-methyl/N-ethyl adjacent to an activating group) is 1. The molecule has 1 saturated heterocycles. The third kappa shape index (κ3) is 2.49. The lowest BCUT2D eigenvalue weighted by Gasteiger charge is -2.52. The molecule has 0 atom stereocenters. The zero-order valence-electron chi connectivity index (χ0n) is 12.6. The van der Waals surface area contributed by atoms with Gasteiger partial charge in [0.2, 0.25) is 0 Å². The molecule has 0 aliphatic carbocycles. The van der Waals surface area contributed by atoms with Gasteiger partial charge in [-0.15, -0.1) is 0 Å². The van der Waals surface area contributed by atoms with E-state index in [0.29, 0.717) is 0 Å². The van der Waals surface area contributed by atoms with Crippen LogP contribution in [0.4, 0.5) is 0 Å². The smallest absolute Gasteiger partial charge is 0.119 e. The fourth-order valence-corrected chi connectivity index (χ4v) is 2.56. The average Bonchev–Trinajstić information content (AvgIpc) is 2.29. The van der Waals surface area contributed by atoms with Crippen LogP contribution in [0.5, 0.6) is 5.75 Å². The van der Waals surface area contributed by atoms with Gasteiger partial charge in [-0.1, -0.05) is 12.1 Å². The third-order valence-electron chi connectivity index (χ3n) is 4.30. The Morgan fingerprint density at radius 1 is 1.21 bits per heavy atom. The molecular formula is C16H25NO2. The van der Waals surface area contributed by atoms with Crippen LogP contribution < -0.4 is 10.1 Å². The van der Waals surface area contributed by atoms with Gasteiger partial charge in [0.1, 0.15) is 5.75 Å². The van der Waals surface area contributed by atoms with Crippen LogP contribution in [0, 0.1) is 0 Å². The molecule has 1 aliphatic rings. The number of hydrogen-bond acceptors (Lipinski definition) is 3. The van der Waals surface area contributed by atoms with E-state index in [4.69, 9.17) is 9.47 Å². The summed E-state index contributed by atoms with van der Waals surface area (Å²) in [5, 5.41) is 3.42. The molecule has 0 radical (unpaired) electrons. The van der Waals surface area contributed by atoms with E-state index in [1.54, 1.807) is 0 Å². The summed E-state index contributed by atoms with van der Waals surface area (Å²) < 4.78 is 11.2. The van der Waals surface area contributed by atoms with Gasteiger partial charge in [-0.05, 0) is 52.4 Å². The molecule has 2 rings (SSSR count). The van der Waals surface area contributed by atoms with Crippen molar-refractivity contribution in [2.75, 3.05) is 20.3 Å². The predicted molar refractivity (Wildman–Crippen MR) is 77.8 cm³/mol. The molecule has 106 valence electrons. The summed E-state index contributed by atoms with van der Waals surface area (Å²) in [4.78, 5) is 0. The van der Waals surface area contributed by atoms with Crippen LogP contribution in [0.1, 0.15) is 33.3 Å². The SMILES string of the molecule is CNC(C)(C)C1(c2ccc(OC(C)C)cc2)COC1. The Hall–Kier alpha value is -1.06. The van der Waals surface area contributed by atoms with E-state index in [9.17, 15) is 0 Å². The fraction of sp³-hybridized carbons (Fsp3) is 0.625. The Bertz CT molecular complexity index is 419. The summed E-state index contributed by atoms with van der Waals surface area (Å²) in [5.41, 5.74) is 1.37. The number of hydrogen-bond donors (Lipinski definition) is 1. The van der Waals surface area contributed by atoms with Crippen LogP contribution >= 0.6 is 0 Å². The summed E-state index contributed by atoms with van der Waals surface area (Å²) >= 11 is 0. The molecule has 0 bridgehead atoms. The molecule has 0 saturated carbocycles. The van der Waals surface area contributed by atoms with E-state index < -0.39 is 0 Å². The van der Waals surface area contributed by atoms with E-state index in [0.717, 1.165) is 19.0 Å². The number of rotatable bonds is 5. The van der Waals surface area contributed by atoms with Gasteiger partial charge in [-0.25, -0.2) is 0 Å². The molecule has 0 unspecified atom stereocenters. The highest BCUT2D eigenvalue weighted by Gasteiger charge is 2.51. The van der Waals surface area contributed by atoms with Crippen LogP contribution in [0.15, 0.2) is 24.3 Å². The normalized spacial score (nSPS) is 18.2. The van der Waals surface area contributed by atoms with Crippen molar-refractivity contribution in [2.45, 2.75) is 44.8 Å². The Balaban J connectivity index is 2.25. The minimum Gasteiger partial charge on any atom is -0.491 e. The molecule has 1 N–H and O–H groups in total. The highest BCUT2D eigenvalue weighted by atomic mass is 16.5. The summed E-state index contributed by atoms with van der Waals surface area (Å²) in [6, 6.07) is 8.45. The minimum atomic E-state index is 0.00563. The zero-order valence-corrected chi connectivity index (χ0v) is 12.6. The second-order valence-electron chi connectivity index (χ2n) is 6.14. The van der Waals surface area contributed by atoms with Crippen LogP contribution in [0.3, 0.4) is 0 Å². The van der Waals surface area contributed by atoms with E-state index >= 15 is 0 Å². The Morgan fingerprint density at radius 3 is 2.16 bits per heavy atom. The lowest BCUT2D eigenvalue weighted by molar-refractivity contribution is -0.0991. The monoisotopic (exact) mass is 263 g/mol. The van der Waals surface area contributed by atoms with Crippen LogP contribution in [0.2, 0.25) is 0 Å². The van der Waals surface area contributed by atoms with Crippen molar-refractivity contribution in [3.05, 3.63) is 29.8 Å². The molecule has 1 aromatic carbocycles. The zero-order chi connectivity index (χ0) is 14.1. The van der Waals surface area contributed by atoms with E-state index in [2.05, 4.69) is 43.4 Å². The Labute approximate surface area is 116 Å². The van der Waals surface area contributed by atoms with Crippen LogP contribution in [-0.4, -0.2) is 31.9 Å². The van der Waals surface area contributed by atoms with Gasteiger partial charge in [0, 0.05) is 5.54 Å². The maximum absolute atomic E-state index is 5.70. The molecular weight excluding hydrogens is 238 g/mol. The average molecular weight is 263 g/mol. The highest BCUT2D eigenvalue weighted by molar-refractivity contribution is 5.37. The number of nitrogens with one attached hydrogen (secondary N) is 1. The van der Waals surface area contributed by atoms with Crippen LogP contribution in [-0.2, 0) is 10.2 Å². The highest BCUT2D eigenvalue weighted by Crippen LogP contribution is 2.42. The molecule has 1 aliphatic heterocycles. The molecule has 1 heterocycles. The quantitative estimate of drug-likeness (QED) is 0.886. The largest absolute Gasteiger partial charge is 0.491 e. The summed E-state index contributed by atoms with van der Waals surface area (Å²) in [7, 11) is 2.01. The lowest BCUT2D eigenvalue weighted by Crippen LogP contribution is -2.65. The van der Waals surface area contributed by atoms with Gasteiger partial charge < -0.3 is 14.8 Å². The molecule has 1 aromatic rings. The van der Waals surface area contributed by atoms with Crippen molar-refractivity contribution >= 4 is 0 Å². The second-order valence-corrected chi connectivity index (χ2v) is 6.14. The van der Waals surface area contributed by atoms with Gasteiger partial charge in [0.25, 0.3) is 0 Å². The van der Waals surface area contributed by atoms with E-state index in [1.165, 1.54) is 5.56 Å². The Kier molecular flexibility index (Phi) is 3.88. The number of benzene rings is 1. The van der Waals surface area contributed by atoms with Crippen molar-refractivity contribution in [2.24, 2.45) is 0 Å². The van der Waals surface area contributed by atoms with Gasteiger partial charge in [-0.2, -0.15) is 0 Å². The van der Waals surface area contributed by atoms with Gasteiger partial charge in [-0.3, -0.25) is 0 Å². The first-order chi connectivity index (χ1) is 8.91. The minimum absolute atomic E-state index is 0.00563. The molecule has 0 spiro atoms. The molecule has 3 nitrogen and oxygen atoms in total. The van der Waals surface area contributed by atoms with Crippen molar-refractivity contribution in [3.63, 3.8) is 0 Å². The lowest BCUT2D eigenvalue weighted by atomic mass is 9.65. The molecule has 0 amide bonds. The van der Waals surface area contributed by atoms with Gasteiger partial charge >= 0.3 is 0 Å². The molecule has 3 heteroatoms. The molecule has 0 aromatic heterocycles. The topological polar surface area (TPSA) is 30.5 Å². The molecule has 1 fully saturated rings. The second kappa shape index (κ2) is 5.14. The number of ether oxygens (including phenoxy) is 2. The van der Waals surface area contributed by atoms with Gasteiger partial charge in [0.05, 0.1) is 24.7 Å². The van der Waals surface area contributed by atoms with E-state index in [-0.39, 0.29) is 17.1 Å². The summed E-state index contributed by atoms with van der Waals surface area (Å²) in [6.07, 6.45) is 0.209. The standard InChI is InChI=1S/C16H25NO2/c1-12(2)19-14-8-6-13(7-9-14)16(10-18-11-16)15(3,4)17-5/h6-9,12,17H,10-11H2,1-5H3. The van der Waals surface area contributed by atoms with E-state index in [1.807, 2.05) is 20.9 Å². The van der Waals surface area contributed by atoms with Crippen molar-refractivity contribution in [3.8, 4) is 5.75 Å². The fourth-order valence-electron chi connectivity index (χ4n) is 2.56. The van der Waals surface area contributed by atoms with Crippen molar-refractivity contribution < 1.29 is 9.47 Å². The summed E-state index contributed by atoms with van der Waals surface area (Å²) in [6.45, 7) is 10.1.